The van der Waals surface area contributed by atoms with E-state index in [1.807, 2.05) is 6.92 Å². The number of alkyl halides is 4. The van der Waals surface area contributed by atoms with E-state index in [0.29, 0.717) is 12.1 Å². The molecule has 0 aliphatic carbocycles. The fraction of sp³-hybridized carbons (Fsp3) is 0.600. The Morgan fingerprint density at radius 1 is 1.33 bits per heavy atom. The van der Waals surface area contributed by atoms with E-state index in [1.54, 1.807) is 6.92 Å². The van der Waals surface area contributed by atoms with Crippen molar-refractivity contribution in [2.45, 2.75) is 26.2 Å². The summed E-state index contributed by atoms with van der Waals surface area (Å²) < 4.78 is 49.4. The molecule has 1 aromatic heterocycles. The molecule has 4 nitrogen and oxygen atoms in total. The van der Waals surface area contributed by atoms with Crippen LogP contribution in [0.5, 0.6) is 0 Å². The molecule has 2 N–H and O–H groups in total. The molecular formula is C10H14F4N4. The minimum atomic E-state index is -4.09. The highest BCUT2D eigenvalue weighted by Crippen LogP contribution is 2.23. The number of nitrogens with zero attached hydrogens (tertiary/aromatic N) is 2. The minimum Gasteiger partial charge on any atom is -0.363 e. The van der Waals surface area contributed by atoms with Gasteiger partial charge < -0.3 is 10.6 Å². The van der Waals surface area contributed by atoms with E-state index in [0.717, 1.165) is 0 Å². The molecule has 0 aliphatic heterocycles. The van der Waals surface area contributed by atoms with Crippen molar-refractivity contribution in [2.75, 3.05) is 23.7 Å². The SMILES string of the molecule is CCNc1ncc(C)c(NCC(F)(F)C(F)F)n1. The summed E-state index contributed by atoms with van der Waals surface area (Å²) in [6.07, 6.45) is -2.28. The number of nitrogens with one attached hydrogen (secondary N) is 2. The third-order valence-electron chi connectivity index (χ3n) is 2.12. The topological polar surface area (TPSA) is 49.8 Å². The lowest BCUT2D eigenvalue weighted by Crippen LogP contribution is -2.35. The number of hydrogen-bond acceptors (Lipinski definition) is 4. The van der Waals surface area contributed by atoms with Crippen LogP contribution in [0.1, 0.15) is 12.5 Å². The van der Waals surface area contributed by atoms with Crippen LogP contribution in [0, 0.1) is 6.92 Å². The van der Waals surface area contributed by atoms with Gasteiger partial charge in [-0.05, 0) is 13.8 Å². The fourth-order valence-electron chi connectivity index (χ4n) is 1.14. The summed E-state index contributed by atoms with van der Waals surface area (Å²) in [7, 11) is 0. The standard InChI is InChI=1S/C10H14F4N4/c1-3-15-9-16-4-6(2)7(18-9)17-5-10(13,14)8(11)12/h4,8H,3,5H2,1-2H3,(H2,15,16,17,18). The van der Waals surface area contributed by atoms with E-state index < -0.39 is 18.9 Å². The molecule has 0 bridgehead atoms. The Bertz CT molecular complexity index is 397. The number of anilines is 2. The molecule has 0 saturated carbocycles. The molecule has 1 rings (SSSR count). The van der Waals surface area contributed by atoms with Crippen molar-refractivity contribution in [3.63, 3.8) is 0 Å². The van der Waals surface area contributed by atoms with E-state index in [1.165, 1.54) is 6.20 Å². The van der Waals surface area contributed by atoms with Crippen molar-refractivity contribution < 1.29 is 17.6 Å². The van der Waals surface area contributed by atoms with Gasteiger partial charge in [-0.2, -0.15) is 13.8 Å². The molecule has 102 valence electrons. The summed E-state index contributed by atoms with van der Waals surface area (Å²) in [4.78, 5) is 7.82. The molecule has 0 aliphatic rings. The first-order valence-electron chi connectivity index (χ1n) is 5.34. The van der Waals surface area contributed by atoms with E-state index in [-0.39, 0.29) is 11.8 Å². The summed E-state index contributed by atoms with van der Waals surface area (Å²) >= 11 is 0. The maximum atomic E-state index is 12.7. The molecule has 18 heavy (non-hydrogen) atoms. The van der Waals surface area contributed by atoms with Gasteiger partial charge in [-0.3, -0.25) is 0 Å². The highest BCUT2D eigenvalue weighted by atomic mass is 19.3. The van der Waals surface area contributed by atoms with E-state index in [9.17, 15) is 17.6 Å². The van der Waals surface area contributed by atoms with Gasteiger partial charge in [-0.1, -0.05) is 0 Å². The summed E-state index contributed by atoms with van der Waals surface area (Å²) in [6.45, 7) is 2.81. The molecule has 0 aromatic carbocycles. The van der Waals surface area contributed by atoms with Gasteiger partial charge in [-0.15, -0.1) is 0 Å². The molecule has 0 amide bonds. The third-order valence-corrected chi connectivity index (χ3v) is 2.12. The first-order valence-corrected chi connectivity index (χ1v) is 5.34. The zero-order valence-electron chi connectivity index (χ0n) is 9.98. The quantitative estimate of drug-likeness (QED) is 0.777. The first-order chi connectivity index (χ1) is 8.36. The predicted molar refractivity (Wildman–Crippen MR) is 60.4 cm³/mol. The Kier molecular flexibility index (Phi) is 4.69. The van der Waals surface area contributed by atoms with Gasteiger partial charge in [0.2, 0.25) is 5.95 Å². The molecular weight excluding hydrogens is 252 g/mol. The van der Waals surface area contributed by atoms with Gasteiger partial charge in [0, 0.05) is 18.3 Å². The Morgan fingerprint density at radius 3 is 2.56 bits per heavy atom. The van der Waals surface area contributed by atoms with Gasteiger partial charge in [0.15, 0.2) is 0 Å². The van der Waals surface area contributed by atoms with Gasteiger partial charge >= 0.3 is 12.3 Å². The highest BCUT2D eigenvalue weighted by molar-refractivity contribution is 5.46. The van der Waals surface area contributed by atoms with Gasteiger partial charge in [0.05, 0.1) is 6.54 Å². The Morgan fingerprint density at radius 2 is 2.00 bits per heavy atom. The second-order valence-electron chi connectivity index (χ2n) is 3.67. The molecule has 1 aromatic rings. The molecule has 0 saturated heterocycles. The number of halogens is 4. The Hall–Kier alpha value is -1.60. The zero-order valence-corrected chi connectivity index (χ0v) is 9.98. The van der Waals surface area contributed by atoms with Crippen LogP contribution in [-0.2, 0) is 0 Å². The molecule has 0 fully saturated rings. The summed E-state index contributed by atoms with van der Waals surface area (Å²) in [5.41, 5.74) is 0.502. The second-order valence-corrected chi connectivity index (χ2v) is 3.67. The molecule has 0 spiro atoms. The van der Waals surface area contributed by atoms with Crippen molar-refractivity contribution in [3.05, 3.63) is 11.8 Å². The number of aryl methyl sites for hydroxylation is 1. The molecule has 1 heterocycles. The van der Waals surface area contributed by atoms with Crippen molar-refractivity contribution in [3.8, 4) is 0 Å². The zero-order chi connectivity index (χ0) is 13.8. The van der Waals surface area contributed by atoms with Gasteiger partial charge in [0.25, 0.3) is 0 Å². The normalized spacial score (nSPS) is 11.7. The summed E-state index contributed by atoms with van der Waals surface area (Å²) in [6, 6.07) is 0. The maximum absolute atomic E-state index is 12.7. The van der Waals surface area contributed by atoms with E-state index in [2.05, 4.69) is 20.6 Å². The van der Waals surface area contributed by atoms with Crippen LogP contribution >= 0.6 is 0 Å². The van der Waals surface area contributed by atoms with Crippen molar-refractivity contribution in [1.29, 1.82) is 0 Å². The van der Waals surface area contributed by atoms with Crippen LogP contribution < -0.4 is 10.6 Å². The van der Waals surface area contributed by atoms with Crippen LogP contribution in [0.4, 0.5) is 29.3 Å². The van der Waals surface area contributed by atoms with Crippen LogP contribution in [0.3, 0.4) is 0 Å². The number of aromatic nitrogens is 2. The van der Waals surface area contributed by atoms with Gasteiger partial charge in [0.1, 0.15) is 5.82 Å². The molecule has 0 unspecified atom stereocenters. The van der Waals surface area contributed by atoms with Crippen molar-refractivity contribution >= 4 is 11.8 Å². The van der Waals surface area contributed by atoms with Crippen molar-refractivity contribution in [1.82, 2.24) is 9.97 Å². The predicted octanol–water partition coefficient (Wildman–Crippen LogP) is 2.53. The lowest BCUT2D eigenvalue weighted by molar-refractivity contribution is -0.117. The third kappa shape index (κ3) is 3.71. The van der Waals surface area contributed by atoms with E-state index >= 15 is 0 Å². The Labute approximate surface area is 102 Å². The van der Waals surface area contributed by atoms with Crippen LogP contribution in [0.15, 0.2) is 6.20 Å². The highest BCUT2D eigenvalue weighted by Gasteiger charge is 2.40. The largest absolute Gasteiger partial charge is 0.363 e. The lowest BCUT2D eigenvalue weighted by atomic mass is 10.3. The number of hydrogen-bond donors (Lipinski definition) is 2. The minimum absolute atomic E-state index is 0.112. The average molecular weight is 266 g/mol. The molecule has 0 atom stereocenters. The van der Waals surface area contributed by atoms with Gasteiger partial charge in [-0.25, -0.2) is 13.8 Å². The maximum Gasteiger partial charge on any atom is 0.324 e. The summed E-state index contributed by atoms with van der Waals surface area (Å²) in [5.74, 6) is -3.72. The Balaban J connectivity index is 2.75. The molecule has 0 radical (unpaired) electrons. The lowest BCUT2D eigenvalue weighted by Gasteiger charge is -2.17. The van der Waals surface area contributed by atoms with E-state index in [4.69, 9.17) is 0 Å². The first kappa shape index (κ1) is 14.5. The van der Waals surface area contributed by atoms with Crippen LogP contribution in [0.2, 0.25) is 0 Å². The van der Waals surface area contributed by atoms with Crippen molar-refractivity contribution in [2.24, 2.45) is 0 Å². The van der Waals surface area contributed by atoms with Crippen LogP contribution in [-0.4, -0.2) is 35.4 Å². The average Bonchev–Trinajstić information content (AvgIpc) is 2.30. The monoisotopic (exact) mass is 266 g/mol. The summed E-state index contributed by atoms with van der Waals surface area (Å²) in [5, 5.41) is 5.01. The second kappa shape index (κ2) is 5.83. The number of rotatable bonds is 6. The van der Waals surface area contributed by atoms with Crippen LogP contribution in [0.25, 0.3) is 0 Å². The molecule has 8 heteroatoms. The fourth-order valence-corrected chi connectivity index (χ4v) is 1.14. The smallest absolute Gasteiger partial charge is 0.324 e.